The van der Waals surface area contributed by atoms with Gasteiger partial charge in [-0.3, -0.25) is 4.79 Å². The van der Waals surface area contributed by atoms with Gasteiger partial charge in [0.1, 0.15) is 11.3 Å². The molecule has 1 aliphatic heterocycles. The predicted octanol–water partition coefficient (Wildman–Crippen LogP) is 2.83. The third-order valence-electron chi connectivity index (χ3n) is 4.13. The molecule has 2 atom stereocenters. The summed E-state index contributed by atoms with van der Waals surface area (Å²) in [6.45, 7) is 4.63. The summed E-state index contributed by atoms with van der Waals surface area (Å²) < 4.78 is 2.13. The van der Waals surface area contributed by atoms with Crippen LogP contribution >= 0.6 is 11.6 Å². The van der Waals surface area contributed by atoms with Gasteiger partial charge in [0.05, 0.1) is 11.4 Å². The fraction of sp³-hybridized carbons (Fsp3) is 0.533. The van der Waals surface area contributed by atoms with Gasteiger partial charge in [-0.15, -0.1) is 11.6 Å². The lowest BCUT2D eigenvalue weighted by molar-refractivity contribution is -0.132. The van der Waals surface area contributed by atoms with Crippen molar-refractivity contribution in [3.63, 3.8) is 0 Å². The number of likely N-dealkylation sites (tertiary alicyclic amines) is 1. The van der Waals surface area contributed by atoms with Gasteiger partial charge in [0.2, 0.25) is 5.91 Å². The maximum atomic E-state index is 11.7. The minimum absolute atomic E-state index is 0.184. The molecule has 1 saturated heterocycles. The van der Waals surface area contributed by atoms with Crippen LogP contribution in [0.5, 0.6) is 0 Å². The average molecular weight is 307 g/mol. The molecular formula is C15H19ClN4O. The zero-order valence-electron chi connectivity index (χ0n) is 12.5. The normalized spacial score (nSPS) is 21.0. The van der Waals surface area contributed by atoms with Crippen LogP contribution in [-0.2, 0) is 4.79 Å². The fourth-order valence-corrected chi connectivity index (χ4v) is 3.12. The molecule has 2 aromatic heterocycles. The minimum atomic E-state index is -0.193. The highest BCUT2D eigenvalue weighted by atomic mass is 35.5. The lowest BCUT2D eigenvalue weighted by atomic mass is 10.1. The minimum Gasteiger partial charge on any atom is -0.344 e. The van der Waals surface area contributed by atoms with Crippen LogP contribution in [0.1, 0.15) is 42.6 Å². The SMILES string of the molecule is Cc1ccnc2c1nc(C(C)Cl)n2C1CCC(=O)N(C)C1. The first-order valence-electron chi connectivity index (χ1n) is 7.20. The van der Waals surface area contributed by atoms with E-state index in [1.165, 1.54) is 0 Å². The van der Waals surface area contributed by atoms with Crippen molar-refractivity contribution in [2.45, 2.75) is 38.1 Å². The standard InChI is InChI=1S/C15H19ClN4O/c1-9-6-7-17-15-13(9)18-14(10(2)16)20(15)11-4-5-12(21)19(3)8-11/h6-7,10-11H,4-5,8H2,1-3H3. The third-order valence-corrected chi connectivity index (χ3v) is 4.33. The summed E-state index contributed by atoms with van der Waals surface area (Å²) in [5.41, 5.74) is 2.86. The number of hydrogen-bond donors (Lipinski definition) is 0. The van der Waals surface area contributed by atoms with Gasteiger partial charge in [-0.25, -0.2) is 9.97 Å². The molecule has 3 heterocycles. The van der Waals surface area contributed by atoms with Gasteiger partial charge >= 0.3 is 0 Å². The fourth-order valence-electron chi connectivity index (χ4n) is 2.97. The Labute approximate surface area is 128 Å². The summed E-state index contributed by atoms with van der Waals surface area (Å²) in [4.78, 5) is 22.7. The summed E-state index contributed by atoms with van der Waals surface area (Å²) in [6.07, 6.45) is 3.17. The zero-order valence-corrected chi connectivity index (χ0v) is 13.3. The summed E-state index contributed by atoms with van der Waals surface area (Å²) in [5, 5.41) is -0.193. The molecule has 3 rings (SSSR count). The number of amides is 1. The van der Waals surface area contributed by atoms with Crippen LogP contribution < -0.4 is 0 Å². The highest BCUT2D eigenvalue weighted by molar-refractivity contribution is 6.20. The van der Waals surface area contributed by atoms with Crippen molar-refractivity contribution in [3.8, 4) is 0 Å². The molecule has 5 nitrogen and oxygen atoms in total. The molecular weight excluding hydrogens is 288 g/mol. The molecule has 1 amide bonds. The highest BCUT2D eigenvalue weighted by Gasteiger charge is 2.29. The number of pyridine rings is 1. The molecule has 112 valence electrons. The van der Waals surface area contributed by atoms with E-state index < -0.39 is 0 Å². The van der Waals surface area contributed by atoms with Crippen molar-refractivity contribution in [1.29, 1.82) is 0 Å². The van der Waals surface area contributed by atoms with E-state index in [9.17, 15) is 4.79 Å². The first-order valence-corrected chi connectivity index (χ1v) is 7.64. The summed E-state index contributed by atoms with van der Waals surface area (Å²) >= 11 is 6.32. The average Bonchev–Trinajstić information content (AvgIpc) is 2.83. The Balaban J connectivity index is 2.14. The second-order valence-corrected chi connectivity index (χ2v) is 6.38. The van der Waals surface area contributed by atoms with Gasteiger partial charge in [-0.1, -0.05) is 0 Å². The molecule has 0 aliphatic carbocycles. The number of fused-ring (bicyclic) bond motifs is 1. The van der Waals surface area contributed by atoms with E-state index in [0.29, 0.717) is 13.0 Å². The smallest absolute Gasteiger partial charge is 0.222 e. The number of rotatable bonds is 2. The van der Waals surface area contributed by atoms with Crippen molar-refractivity contribution in [2.75, 3.05) is 13.6 Å². The van der Waals surface area contributed by atoms with E-state index in [2.05, 4.69) is 9.55 Å². The van der Waals surface area contributed by atoms with Crippen LogP contribution in [0.2, 0.25) is 0 Å². The number of imidazole rings is 1. The Morgan fingerprint density at radius 1 is 1.48 bits per heavy atom. The number of piperidine rings is 1. The topological polar surface area (TPSA) is 51.0 Å². The first kappa shape index (κ1) is 14.3. The lowest BCUT2D eigenvalue weighted by Gasteiger charge is -2.31. The van der Waals surface area contributed by atoms with E-state index in [0.717, 1.165) is 29.0 Å². The number of carbonyl (C=O) groups is 1. The molecule has 6 heteroatoms. The van der Waals surface area contributed by atoms with E-state index in [-0.39, 0.29) is 17.3 Å². The van der Waals surface area contributed by atoms with Gasteiger partial charge in [0.25, 0.3) is 0 Å². The Morgan fingerprint density at radius 2 is 2.24 bits per heavy atom. The molecule has 0 spiro atoms. The van der Waals surface area contributed by atoms with E-state index in [1.807, 2.05) is 27.0 Å². The van der Waals surface area contributed by atoms with Gasteiger partial charge in [0, 0.05) is 26.2 Å². The van der Waals surface area contributed by atoms with Gasteiger partial charge in [-0.05, 0) is 31.9 Å². The maximum Gasteiger partial charge on any atom is 0.222 e. The number of alkyl halides is 1. The van der Waals surface area contributed by atoms with E-state index in [4.69, 9.17) is 16.6 Å². The number of aromatic nitrogens is 3. The highest BCUT2D eigenvalue weighted by Crippen LogP contribution is 2.32. The number of likely N-dealkylation sites (N-methyl/N-ethyl adjacent to an activating group) is 1. The number of hydrogen-bond acceptors (Lipinski definition) is 3. The molecule has 2 unspecified atom stereocenters. The predicted molar refractivity (Wildman–Crippen MR) is 82.4 cm³/mol. The molecule has 1 fully saturated rings. The lowest BCUT2D eigenvalue weighted by Crippen LogP contribution is -2.38. The van der Waals surface area contributed by atoms with Gasteiger partial charge in [0.15, 0.2) is 5.65 Å². The Kier molecular flexibility index (Phi) is 3.61. The van der Waals surface area contributed by atoms with Crippen molar-refractivity contribution in [2.24, 2.45) is 0 Å². The summed E-state index contributed by atoms with van der Waals surface area (Å²) in [6, 6.07) is 2.14. The van der Waals surface area contributed by atoms with Crippen molar-refractivity contribution < 1.29 is 4.79 Å². The van der Waals surface area contributed by atoms with Crippen LogP contribution in [0, 0.1) is 6.92 Å². The zero-order chi connectivity index (χ0) is 15.1. The van der Waals surface area contributed by atoms with Crippen LogP contribution in [0.4, 0.5) is 0 Å². The number of carbonyl (C=O) groups excluding carboxylic acids is 1. The molecule has 0 aromatic carbocycles. The van der Waals surface area contributed by atoms with E-state index >= 15 is 0 Å². The Bertz CT molecular complexity index is 694. The second kappa shape index (κ2) is 5.30. The molecule has 2 aromatic rings. The van der Waals surface area contributed by atoms with Crippen molar-refractivity contribution in [1.82, 2.24) is 19.4 Å². The summed E-state index contributed by atoms with van der Waals surface area (Å²) in [7, 11) is 1.84. The molecule has 21 heavy (non-hydrogen) atoms. The Morgan fingerprint density at radius 3 is 2.90 bits per heavy atom. The number of nitrogens with zero attached hydrogens (tertiary/aromatic N) is 4. The van der Waals surface area contributed by atoms with Crippen LogP contribution in [-0.4, -0.2) is 38.9 Å². The van der Waals surface area contributed by atoms with Crippen LogP contribution in [0.3, 0.4) is 0 Å². The van der Waals surface area contributed by atoms with E-state index in [1.54, 1.807) is 11.1 Å². The molecule has 0 radical (unpaired) electrons. The molecule has 1 aliphatic rings. The molecule has 0 bridgehead atoms. The first-order chi connectivity index (χ1) is 9.99. The number of halogens is 1. The van der Waals surface area contributed by atoms with Gasteiger partial charge < -0.3 is 9.47 Å². The largest absolute Gasteiger partial charge is 0.344 e. The maximum absolute atomic E-state index is 11.7. The molecule has 0 N–H and O–H groups in total. The number of aryl methyl sites for hydroxylation is 1. The summed E-state index contributed by atoms with van der Waals surface area (Å²) in [5.74, 6) is 1.03. The second-order valence-electron chi connectivity index (χ2n) is 5.72. The van der Waals surface area contributed by atoms with Crippen molar-refractivity contribution >= 4 is 28.7 Å². The third kappa shape index (κ3) is 2.39. The Hall–Kier alpha value is -1.62. The van der Waals surface area contributed by atoms with Gasteiger partial charge in [-0.2, -0.15) is 0 Å². The quantitative estimate of drug-likeness (QED) is 0.802. The monoisotopic (exact) mass is 306 g/mol. The molecule has 0 saturated carbocycles. The van der Waals surface area contributed by atoms with Crippen LogP contribution in [0.25, 0.3) is 11.2 Å². The van der Waals surface area contributed by atoms with Crippen LogP contribution in [0.15, 0.2) is 12.3 Å². The van der Waals surface area contributed by atoms with Crippen molar-refractivity contribution in [3.05, 3.63) is 23.7 Å².